The summed E-state index contributed by atoms with van der Waals surface area (Å²) in [6.45, 7) is -0.348. The Hall–Kier alpha value is -2.09. The van der Waals surface area contributed by atoms with Crippen molar-refractivity contribution in [2.24, 2.45) is 4.99 Å². The average Bonchev–Trinajstić information content (AvgIpc) is 2.83. The van der Waals surface area contributed by atoms with Crippen molar-refractivity contribution in [2.75, 3.05) is 6.54 Å². The number of sulfonamides is 1. The fourth-order valence-electron chi connectivity index (χ4n) is 2.24. The minimum atomic E-state index is -3.63. The molecule has 25 heavy (non-hydrogen) atoms. The van der Waals surface area contributed by atoms with Gasteiger partial charge in [-0.15, -0.1) is 0 Å². The Bertz CT molecular complexity index is 974. The van der Waals surface area contributed by atoms with Gasteiger partial charge in [0.15, 0.2) is 0 Å². The van der Waals surface area contributed by atoms with E-state index in [1.165, 1.54) is 6.07 Å². The molecule has 0 atom stereocenters. The number of ether oxygens (including phenoxy) is 1. The number of nitrogens with zero attached hydrogens (tertiary/aromatic N) is 1. The van der Waals surface area contributed by atoms with Crippen LogP contribution >= 0.6 is 23.2 Å². The summed E-state index contributed by atoms with van der Waals surface area (Å²) in [7, 11) is -3.63. The summed E-state index contributed by atoms with van der Waals surface area (Å²) >= 11 is 11.8. The SMILES string of the molecule is O=C(CN=C1NS(=O)(=O)c2ccccc21)OCc1ccc(Cl)cc1Cl. The first-order valence-corrected chi connectivity index (χ1v) is 9.37. The lowest BCUT2D eigenvalue weighted by atomic mass is 10.2. The predicted octanol–water partition coefficient (Wildman–Crippen LogP) is 2.78. The molecule has 0 aromatic heterocycles. The number of carbonyl (C=O) groups is 1. The topological polar surface area (TPSA) is 84.8 Å². The standard InChI is InChI=1S/C16H12Cl2N2O4S/c17-11-6-5-10(13(18)7-11)9-24-15(21)8-19-16-12-3-1-2-4-14(12)25(22,23)20-16/h1-7H,8-9H2,(H,19,20). The number of fused-ring (bicyclic) bond motifs is 1. The third-order valence-corrected chi connectivity index (χ3v) is 5.42. The monoisotopic (exact) mass is 398 g/mol. The van der Waals surface area contributed by atoms with Gasteiger partial charge in [0, 0.05) is 21.2 Å². The van der Waals surface area contributed by atoms with Crippen LogP contribution in [-0.2, 0) is 26.2 Å². The first-order chi connectivity index (χ1) is 11.9. The Kier molecular flexibility index (Phi) is 4.99. The van der Waals surface area contributed by atoms with E-state index in [2.05, 4.69) is 9.71 Å². The molecule has 3 rings (SSSR count). The van der Waals surface area contributed by atoms with Gasteiger partial charge in [-0.25, -0.2) is 8.42 Å². The molecular formula is C16H12Cl2N2O4S. The maximum absolute atomic E-state index is 12.0. The van der Waals surface area contributed by atoms with Crippen LogP contribution in [0.1, 0.15) is 11.1 Å². The van der Waals surface area contributed by atoms with Gasteiger partial charge in [0.05, 0.1) is 4.90 Å². The second-order valence-corrected chi connectivity index (χ2v) is 7.66. The van der Waals surface area contributed by atoms with E-state index in [-0.39, 0.29) is 23.9 Å². The van der Waals surface area contributed by atoms with Gasteiger partial charge < -0.3 is 4.74 Å². The van der Waals surface area contributed by atoms with E-state index in [1.54, 1.807) is 36.4 Å². The second-order valence-electron chi connectivity index (χ2n) is 5.16. The van der Waals surface area contributed by atoms with Crippen LogP contribution in [0.3, 0.4) is 0 Å². The van der Waals surface area contributed by atoms with Gasteiger partial charge in [-0.1, -0.05) is 41.4 Å². The number of amidine groups is 1. The van der Waals surface area contributed by atoms with Gasteiger partial charge in [0.2, 0.25) is 0 Å². The third kappa shape index (κ3) is 3.95. The highest BCUT2D eigenvalue weighted by Crippen LogP contribution is 2.23. The molecule has 0 amide bonds. The van der Waals surface area contributed by atoms with Crippen LogP contribution in [0.2, 0.25) is 10.0 Å². The molecule has 0 saturated carbocycles. The van der Waals surface area contributed by atoms with Gasteiger partial charge in [-0.3, -0.25) is 14.5 Å². The molecule has 1 N–H and O–H groups in total. The summed E-state index contributed by atoms with van der Waals surface area (Å²) in [5, 5.41) is 0.878. The summed E-state index contributed by atoms with van der Waals surface area (Å²) in [5.74, 6) is -0.487. The Morgan fingerprint density at radius 1 is 1.16 bits per heavy atom. The third-order valence-electron chi connectivity index (χ3n) is 3.43. The second kappa shape index (κ2) is 7.03. The van der Waals surface area contributed by atoms with Gasteiger partial charge >= 0.3 is 5.97 Å². The fraction of sp³-hybridized carbons (Fsp3) is 0.125. The van der Waals surface area contributed by atoms with Crippen molar-refractivity contribution >= 4 is 45.0 Å². The Labute approximate surface area is 154 Å². The van der Waals surface area contributed by atoms with E-state index in [0.29, 0.717) is 21.2 Å². The summed E-state index contributed by atoms with van der Waals surface area (Å²) in [6.07, 6.45) is 0. The first kappa shape index (κ1) is 17.7. The molecule has 1 aliphatic heterocycles. The molecule has 2 aromatic carbocycles. The van der Waals surface area contributed by atoms with Crippen LogP contribution in [-0.4, -0.2) is 26.8 Å². The van der Waals surface area contributed by atoms with Gasteiger partial charge in [0.25, 0.3) is 10.0 Å². The van der Waals surface area contributed by atoms with Gasteiger partial charge in [-0.05, 0) is 24.3 Å². The molecule has 0 bridgehead atoms. The maximum atomic E-state index is 12.0. The van der Waals surface area contributed by atoms with Crippen LogP contribution < -0.4 is 4.72 Å². The van der Waals surface area contributed by atoms with Crippen molar-refractivity contribution in [1.29, 1.82) is 0 Å². The molecule has 0 aliphatic carbocycles. The van der Waals surface area contributed by atoms with Crippen molar-refractivity contribution in [3.05, 3.63) is 63.6 Å². The van der Waals surface area contributed by atoms with Gasteiger partial charge in [0.1, 0.15) is 19.0 Å². The minimum Gasteiger partial charge on any atom is -0.459 e. The largest absolute Gasteiger partial charge is 0.459 e. The normalized spacial score (nSPS) is 16.3. The van der Waals surface area contributed by atoms with E-state index < -0.39 is 16.0 Å². The van der Waals surface area contributed by atoms with Crippen molar-refractivity contribution < 1.29 is 17.9 Å². The van der Waals surface area contributed by atoms with Crippen LogP contribution in [0, 0.1) is 0 Å². The number of esters is 1. The number of hydrogen-bond donors (Lipinski definition) is 1. The van der Waals surface area contributed by atoms with Crippen LogP contribution in [0.25, 0.3) is 0 Å². The Morgan fingerprint density at radius 3 is 2.68 bits per heavy atom. The summed E-state index contributed by atoms with van der Waals surface area (Å²) in [4.78, 5) is 16.0. The highest BCUT2D eigenvalue weighted by molar-refractivity contribution is 7.90. The van der Waals surface area contributed by atoms with Crippen molar-refractivity contribution in [3.8, 4) is 0 Å². The van der Waals surface area contributed by atoms with Crippen LogP contribution in [0.15, 0.2) is 52.4 Å². The van der Waals surface area contributed by atoms with E-state index in [4.69, 9.17) is 27.9 Å². The lowest BCUT2D eigenvalue weighted by Crippen LogP contribution is -2.23. The number of halogens is 2. The Balaban J connectivity index is 1.66. The highest BCUT2D eigenvalue weighted by atomic mass is 35.5. The lowest BCUT2D eigenvalue weighted by molar-refractivity contribution is -0.143. The first-order valence-electron chi connectivity index (χ1n) is 7.13. The van der Waals surface area contributed by atoms with Crippen molar-refractivity contribution in [2.45, 2.75) is 11.5 Å². The predicted molar refractivity (Wildman–Crippen MR) is 94.4 cm³/mol. The smallest absolute Gasteiger partial charge is 0.328 e. The molecule has 0 unspecified atom stereocenters. The van der Waals surface area contributed by atoms with Crippen molar-refractivity contribution in [1.82, 2.24) is 4.72 Å². The Morgan fingerprint density at radius 2 is 1.92 bits per heavy atom. The van der Waals surface area contributed by atoms with Crippen molar-refractivity contribution in [3.63, 3.8) is 0 Å². The van der Waals surface area contributed by atoms with Crippen LogP contribution in [0.5, 0.6) is 0 Å². The maximum Gasteiger partial charge on any atom is 0.328 e. The summed E-state index contributed by atoms with van der Waals surface area (Å²) in [6, 6.07) is 11.2. The molecule has 130 valence electrons. The number of benzene rings is 2. The number of rotatable bonds is 4. The molecule has 0 radical (unpaired) electrons. The molecule has 0 spiro atoms. The van der Waals surface area contributed by atoms with E-state index in [0.717, 1.165) is 0 Å². The van der Waals surface area contributed by atoms with E-state index in [1.807, 2.05) is 0 Å². The summed E-state index contributed by atoms with van der Waals surface area (Å²) in [5.41, 5.74) is 1.04. The van der Waals surface area contributed by atoms with Crippen LogP contribution in [0.4, 0.5) is 0 Å². The molecular weight excluding hydrogens is 387 g/mol. The molecule has 1 aliphatic rings. The molecule has 1 heterocycles. The summed E-state index contributed by atoms with van der Waals surface area (Å²) < 4.78 is 31.3. The minimum absolute atomic E-state index is 0.0258. The van der Waals surface area contributed by atoms with E-state index in [9.17, 15) is 13.2 Å². The lowest BCUT2D eigenvalue weighted by Gasteiger charge is -2.06. The highest BCUT2D eigenvalue weighted by Gasteiger charge is 2.30. The number of carbonyl (C=O) groups excluding carboxylic acids is 1. The molecule has 0 saturated heterocycles. The molecule has 0 fully saturated rings. The zero-order valence-electron chi connectivity index (χ0n) is 12.7. The zero-order chi connectivity index (χ0) is 18.0. The quantitative estimate of drug-likeness (QED) is 0.802. The molecule has 6 nitrogen and oxygen atoms in total. The average molecular weight is 399 g/mol. The number of nitrogens with one attached hydrogen (secondary N) is 1. The van der Waals surface area contributed by atoms with Gasteiger partial charge in [-0.2, -0.15) is 0 Å². The molecule has 2 aromatic rings. The number of aliphatic imine (C=N–C) groups is 1. The molecule has 9 heteroatoms. The fourth-order valence-corrected chi connectivity index (χ4v) is 3.95. The zero-order valence-corrected chi connectivity index (χ0v) is 15.0. The van der Waals surface area contributed by atoms with E-state index >= 15 is 0 Å². The number of hydrogen-bond acceptors (Lipinski definition) is 5.